The van der Waals surface area contributed by atoms with E-state index in [1.807, 2.05) is 13.0 Å². The maximum Gasteiger partial charge on any atom is 0.256 e. The summed E-state index contributed by atoms with van der Waals surface area (Å²) in [6, 6.07) is 11.2. The summed E-state index contributed by atoms with van der Waals surface area (Å²) in [5.74, 6) is -0.974. The lowest BCUT2D eigenvalue weighted by Gasteiger charge is -2.14. The van der Waals surface area contributed by atoms with Crippen molar-refractivity contribution in [2.24, 2.45) is 0 Å². The van der Waals surface area contributed by atoms with Gasteiger partial charge in [0.15, 0.2) is 0 Å². The number of aromatic nitrogens is 1. The molecular weight excluding hydrogens is 345 g/mol. The molecule has 0 bridgehead atoms. The number of pyridine rings is 1. The monoisotopic (exact) mass is 365 g/mol. The quantitative estimate of drug-likeness (QED) is 0.717. The number of amides is 2. The molecule has 6 heteroatoms. The summed E-state index contributed by atoms with van der Waals surface area (Å²) in [4.78, 5) is 28.6. The predicted molar refractivity (Wildman–Crippen MR) is 105 cm³/mol. The number of anilines is 2. The first-order valence-corrected chi connectivity index (χ1v) is 8.66. The van der Waals surface area contributed by atoms with Crippen LogP contribution in [-0.4, -0.2) is 16.8 Å². The van der Waals surface area contributed by atoms with E-state index < -0.39 is 5.82 Å². The van der Waals surface area contributed by atoms with E-state index in [1.54, 1.807) is 31.2 Å². The van der Waals surface area contributed by atoms with Crippen molar-refractivity contribution in [3.8, 4) is 0 Å². The first-order chi connectivity index (χ1) is 12.9. The molecule has 3 aromatic rings. The van der Waals surface area contributed by atoms with Crippen molar-refractivity contribution in [1.29, 1.82) is 0 Å². The number of aryl methyl sites for hydroxylation is 2. The minimum absolute atomic E-state index is 0.192. The lowest BCUT2D eigenvalue weighted by atomic mass is 10.1. The molecule has 2 amide bonds. The summed E-state index contributed by atoms with van der Waals surface area (Å²) in [5.41, 5.74) is 3.71. The van der Waals surface area contributed by atoms with Gasteiger partial charge in [-0.15, -0.1) is 0 Å². The molecule has 0 fully saturated rings. The second kappa shape index (κ2) is 7.53. The molecule has 0 spiro atoms. The topological polar surface area (TPSA) is 71.1 Å². The standard InChI is InChI=1S/C21H20FN3O2/c1-4-14-5-7-16(24-13(3)26)11-20(14)25-21(27)18-9-12(2)23-19-8-6-15(22)10-17(18)19/h5-11H,4H2,1-3H3,(H,24,26)(H,25,27). The zero-order valence-electron chi connectivity index (χ0n) is 15.4. The highest BCUT2D eigenvalue weighted by Gasteiger charge is 2.15. The van der Waals surface area contributed by atoms with Crippen molar-refractivity contribution in [3.05, 3.63) is 65.1 Å². The maximum absolute atomic E-state index is 13.7. The van der Waals surface area contributed by atoms with Gasteiger partial charge in [-0.25, -0.2) is 4.39 Å². The number of hydrogen-bond donors (Lipinski definition) is 2. The second-order valence-electron chi connectivity index (χ2n) is 6.33. The highest BCUT2D eigenvalue weighted by molar-refractivity contribution is 6.12. The zero-order valence-corrected chi connectivity index (χ0v) is 15.4. The van der Waals surface area contributed by atoms with Gasteiger partial charge >= 0.3 is 0 Å². The van der Waals surface area contributed by atoms with E-state index in [2.05, 4.69) is 15.6 Å². The molecule has 3 rings (SSSR count). The number of carbonyl (C=O) groups is 2. The van der Waals surface area contributed by atoms with E-state index in [4.69, 9.17) is 0 Å². The molecule has 0 aliphatic rings. The third-order valence-corrected chi connectivity index (χ3v) is 4.20. The highest BCUT2D eigenvalue weighted by Crippen LogP contribution is 2.25. The molecule has 5 nitrogen and oxygen atoms in total. The summed E-state index contributed by atoms with van der Waals surface area (Å²) in [7, 11) is 0. The van der Waals surface area contributed by atoms with Crippen molar-refractivity contribution in [2.75, 3.05) is 10.6 Å². The lowest BCUT2D eigenvalue weighted by molar-refractivity contribution is -0.114. The Balaban J connectivity index is 2.02. The van der Waals surface area contributed by atoms with Crippen LogP contribution in [-0.2, 0) is 11.2 Å². The minimum Gasteiger partial charge on any atom is -0.326 e. The smallest absolute Gasteiger partial charge is 0.256 e. The molecule has 0 aliphatic carbocycles. The summed E-state index contributed by atoms with van der Waals surface area (Å²) in [6.07, 6.45) is 0.709. The Morgan fingerprint density at radius 1 is 1.07 bits per heavy atom. The summed E-state index contributed by atoms with van der Waals surface area (Å²) >= 11 is 0. The number of carbonyl (C=O) groups excluding carboxylic acids is 2. The van der Waals surface area contributed by atoms with Crippen LogP contribution in [0.25, 0.3) is 10.9 Å². The van der Waals surface area contributed by atoms with E-state index in [9.17, 15) is 14.0 Å². The average Bonchev–Trinajstić information content (AvgIpc) is 2.61. The number of halogens is 1. The normalized spacial score (nSPS) is 10.7. The van der Waals surface area contributed by atoms with Crippen molar-refractivity contribution in [3.63, 3.8) is 0 Å². The van der Waals surface area contributed by atoms with E-state index >= 15 is 0 Å². The largest absolute Gasteiger partial charge is 0.326 e. The van der Waals surface area contributed by atoms with Gasteiger partial charge in [-0.2, -0.15) is 0 Å². The second-order valence-corrected chi connectivity index (χ2v) is 6.33. The van der Waals surface area contributed by atoms with E-state index in [0.717, 1.165) is 5.56 Å². The van der Waals surface area contributed by atoms with Gasteiger partial charge in [-0.05, 0) is 55.3 Å². The fourth-order valence-electron chi connectivity index (χ4n) is 2.99. The first kappa shape index (κ1) is 18.5. The molecule has 1 aromatic heterocycles. The molecule has 0 unspecified atom stereocenters. The Morgan fingerprint density at radius 3 is 2.56 bits per heavy atom. The minimum atomic E-state index is -0.427. The highest BCUT2D eigenvalue weighted by atomic mass is 19.1. The van der Waals surface area contributed by atoms with Gasteiger partial charge in [0, 0.05) is 29.4 Å². The van der Waals surface area contributed by atoms with Crippen LogP contribution in [0.3, 0.4) is 0 Å². The molecule has 27 heavy (non-hydrogen) atoms. The van der Waals surface area contributed by atoms with Crippen LogP contribution in [0.5, 0.6) is 0 Å². The number of nitrogens with one attached hydrogen (secondary N) is 2. The van der Waals surface area contributed by atoms with Crippen LogP contribution in [0.2, 0.25) is 0 Å². The van der Waals surface area contributed by atoms with E-state index in [1.165, 1.54) is 19.1 Å². The molecule has 0 saturated heterocycles. The zero-order chi connectivity index (χ0) is 19.6. The molecule has 2 aromatic carbocycles. The Bertz CT molecular complexity index is 1050. The summed E-state index contributed by atoms with van der Waals surface area (Å²) in [6.45, 7) is 5.19. The number of benzene rings is 2. The van der Waals surface area contributed by atoms with E-state index in [0.29, 0.717) is 40.0 Å². The van der Waals surface area contributed by atoms with Gasteiger partial charge < -0.3 is 10.6 Å². The van der Waals surface area contributed by atoms with Gasteiger partial charge in [0.25, 0.3) is 5.91 Å². The maximum atomic E-state index is 13.7. The Morgan fingerprint density at radius 2 is 1.85 bits per heavy atom. The van der Waals surface area contributed by atoms with Gasteiger partial charge in [0.05, 0.1) is 11.1 Å². The number of nitrogens with zero attached hydrogens (tertiary/aromatic N) is 1. The summed E-state index contributed by atoms with van der Waals surface area (Å²) < 4.78 is 13.7. The van der Waals surface area contributed by atoms with Gasteiger partial charge in [0.2, 0.25) is 5.91 Å². The molecular formula is C21H20FN3O2. The van der Waals surface area contributed by atoms with Gasteiger partial charge in [-0.1, -0.05) is 13.0 Å². The molecule has 1 heterocycles. The molecule has 0 atom stereocenters. The first-order valence-electron chi connectivity index (χ1n) is 8.66. The number of rotatable bonds is 4. The van der Waals surface area contributed by atoms with Crippen molar-refractivity contribution in [2.45, 2.75) is 27.2 Å². The SMILES string of the molecule is CCc1ccc(NC(C)=O)cc1NC(=O)c1cc(C)nc2ccc(F)cc12. The number of fused-ring (bicyclic) bond motifs is 1. The van der Waals surface area contributed by atoms with E-state index in [-0.39, 0.29) is 11.8 Å². The lowest BCUT2D eigenvalue weighted by Crippen LogP contribution is -2.15. The Hall–Kier alpha value is -3.28. The summed E-state index contributed by atoms with van der Waals surface area (Å²) in [5, 5.41) is 6.05. The van der Waals surface area contributed by atoms with Crippen LogP contribution in [0, 0.1) is 12.7 Å². The fraction of sp³-hybridized carbons (Fsp3) is 0.190. The molecule has 0 aliphatic heterocycles. The van der Waals surface area contributed by atoms with Crippen molar-refractivity contribution >= 4 is 34.1 Å². The van der Waals surface area contributed by atoms with Crippen LogP contribution in [0.4, 0.5) is 15.8 Å². The van der Waals surface area contributed by atoms with Crippen LogP contribution < -0.4 is 10.6 Å². The molecule has 0 saturated carbocycles. The van der Waals surface area contributed by atoms with Crippen LogP contribution >= 0.6 is 0 Å². The molecule has 0 radical (unpaired) electrons. The fourth-order valence-corrected chi connectivity index (χ4v) is 2.99. The molecule has 138 valence electrons. The van der Waals surface area contributed by atoms with Crippen LogP contribution in [0.15, 0.2) is 42.5 Å². The third kappa shape index (κ3) is 4.11. The van der Waals surface area contributed by atoms with Crippen molar-refractivity contribution in [1.82, 2.24) is 4.98 Å². The predicted octanol–water partition coefficient (Wildman–Crippen LogP) is 4.46. The Kier molecular flexibility index (Phi) is 5.16. The molecule has 2 N–H and O–H groups in total. The average molecular weight is 365 g/mol. The van der Waals surface area contributed by atoms with Gasteiger partial charge in [-0.3, -0.25) is 14.6 Å². The number of hydrogen-bond acceptors (Lipinski definition) is 3. The third-order valence-electron chi connectivity index (χ3n) is 4.20. The van der Waals surface area contributed by atoms with Gasteiger partial charge in [0.1, 0.15) is 5.82 Å². The van der Waals surface area contributed by atoms with Crippen molar-refractivity contribution < 1.29 is 14.0 Å². The Labute approximate surface area is 156 Å². The van der Waals surface area contributed by atoms with Crippen LogP contribution in [0.1, 0.15) is 35.5 Å².